The van der Waals surface area contributed by atoms with Crippen molar-refractivity contribution in [3.05, 3.63) is 15.9 Å². The van der Waals surface area contributed by atoms with Crippen molar-refractivity contribution in [1.29, 1.82) is 0 Å². The lowest BCUT2D eigenvalue weighted by atomic mass is 10.1. The lowest BCUT2D eigenvalue weighted by Crippen LogP contribution is -2.30. The highest BCUT2D eigenvalue weighted by molar-refractivity contribution is 5.72. The van der Waals surface area contributed by atoms with Crippen LogP contribution >= 0.6 is 0 Å². The number of rotatable bonds is 8. The number of nitrogen functional groups attached to an aromatic ring is 1. The van der Waals surface area contributed by atoms with E-state index in [1.165, 1.54) is 0 Å². The summed E-state index contributed by atoms with van der Waals surface area (Å²) >= 11 is 0. The number of hydrogen-bond donors (Lipinski definition) is 5. The first-order valence-electron chi connectivity index (χ1n) is 6.92. The fourth-order valence-electron chi connectivity index (χ4n) is 1.86. The lowest BCUT2D eigenvalue weighted by Gasteiger charge is -2.10. The Morgan fingerprint density at radius 3 is 2.67 bits per heavy atom. The number of anilines is 2. The highest BCUT2D eigenvalue weighted by atomic mass is 16.4. The van der Waals surface area contributed by atoms with Crippen molar-refractivity contribution in [3.8, 4) is 0 Å². The van der Waals surface area contributed by atoms with E-state index in [4.69, 9.17) is 16.6 Å². The number of aliphatic carboxylic acids is 1. The maximum atomic E-state index is 11.9. The zero-order valence-corrected chi connectivity index (χ0v) is 12.3. The smallest absolute Gasteiger partial charge is 0.320 e. The standard InChI is InChI=1S/C13H23N5O3/c1-7(2)6-8-10(15)17-13(18-11(8)19)16-5-3-4-9(14)12(20)21/h7,9H,3-6,14H2,1-2H3,(H,20,21)(H4,15,16,17,18,19)/t9-/m0/s1. The van der Waals surface area contributed by atoms with Crippen LogP contribution in [0.25, 0.3) is 0 Å². The molecule has 0 bridgehead atoms. The Balaban J connectivity index is 2.58. The van der Waals surface area contributed by atoms with Gasteiger partial charge in [-0.1, -0.05) is 13.8 Å². The number of nitrogens with zero attached hydrogens (tertiary/aromatic N) is 1. The largest absolute Gasteiger partial charge is 0.480 e. The van der Waals surface area contributed by atoms with Gasteiger partial charge in [-0.2, -0.15) is 4.98 Å². The van der Waals surface area contributed by atoms with Gasteiger partial charge in [0, 0.05) is 6.54 Å². The van der Waals surface area contributed by atoms with Crippen molar-refractivity contribution in [3.63, 3.8) is 0 Å². The fraction of sp³-hybridized carbons (Fsp3) is 0.615. The van der Waals surface area contributed by atoms with Crippen molar-refractivity contribution in [2.75, 3.05) is 17.6 Å². The summed E-state index contributed by atoms with van der Waals surface area (Å²) in [7, 11) is 0. The molecule has 0 amide bonds. The number of hydrogen-bond acceptors (Lipinski definition) is 6. The normalized spacial score (nSPS) is 12.4. The molecule has 21 heavy (non-hydrogen) atoms. The number of aromatic nitrogens is 2. The highest BCUT2D eigenvalue weighted by Gasteiger charge is 2.12. The molecule has 8 nitrogen and oxygen atoms in total. The Labute approximate surface area is 123 Å². The molecule has 0 aromatic carbocycles. The second kappa shape index (κ2) is 7.63. The van der Waals surface area contributed by atoms with Gasteiger partial charge in [0.05, 0.1) is 5.56 Å². The molecule has 1 atom stereocenters. The van der Waals surface area contributed by atoms with Crippen LogP contribution in [0.3, 0.4) is 0 Å². The van der Waals surface area contributed by atoms with E-state index in [2.05, 4.69) is 15.3 Å². The quantitative estimate of drug-likeness (QED) is 0.429. The van der Waals surface area contributed by atoms with Gasteiger partial charge in [-0.05, 0) is 25.2 Å². The average Bonchev–Trinajstić information content (AvgIpc) is 2.38. The average molecular weight is 297 g/mol. The molecule has 0 spiro atoms. The Hall–Kier alpha value is -2.09. The molecular weight excluding hydrogens is 274 g/mol. The number of carbonyl (C=O) groups is 1. The van der Waals surface area contributed by atoms with E-state index in [-0.39, 0.29) is 17.3 Å². The molecule has 0 saturated heterocycles. The van der Waals surface area contributed by atoms with E-state index in [0.29, 0.717) is 37.3 Å². The lowest BCUT2D eigenvalue weighted by molar-refractivity contribution is -0.138. The van der Waals surface area contributed by atoms with Crippen LogP contribution in [0.2, 0.25) is 0 Å². The number of H-pyrrole nitrogens is 1. The first kappa shape index (κ1) is 17.0. The monoisotopic (exact) mass is 297 g/mol. The molecule has 8 heteroatoms. The molecule has 1 rings (SSSR count). The van der Waals surface area contributed by atoms with Crippen LogP contribution in [0.1, 0.15) is 32.3 Å². The molecule has 118 valence electrons. The topological polar surface area (TPSA) is 147 Å². The molecular formula is C13H23N5O3. The Morgan fingerprint density at radius 1 is 1.48 bits per heavy atom. The maximum absolute atomic E-state index is 11.9. The molecule has 0 aliphatic rings. The SMILES string of the molecule is CC(C)Cc1c(N)nc(NCCC[C@H](N)C(=O)O)[nH]c1=O. The van der Waals surface area contributed by atoms with Crippen LogP contribution in [0.5, 0.6) is 0 Å². The number of nitrogens with one attached hydrogen (secondary N) is 2. The summed E-state index contributed by atoms with van der Waals surface area (Å²) in [4.78, 5) is 29.2. The van der Waals surface area contributed by atoms with Gasteiger partial charge in [0.2, 0.25) is 5.95 Å². The van der Waals surface area contributed by atoms with Gasteiger partial charge in [0.1, 0.15) is 11.9 Å². The first-order valence-corrected chi connectivity index (χ1v) is 6.92. The van der Waals surface area contributed by atoms with Gasteiger partial charge < -0.3 is 21.9 Å². The molecule has 0 saturated carbocycles. The van der Waals surface area contributed by atoms with E-state index in [1.54, 1.807) is 0 Å². The minimum atomic E-state index is -1.02. The van der Waals surface area contributed by atoms with Gasteiger partial charge in [0.15, 0.2) is 0 Å². The minimum absolute atomic E-state index is 0.220. The zero-order chi connectivity index (χ0) is 16.0. The molecule has 7 N–H and O–H groups in total. The van der Waals surface area contributed by atoms with Crippen molar-refractivity contribution in [2.24, 2.45) is 11.7 Å². The molecule has 0 unspecified atom stereocenters. The van der Waals surface area contributed by atoms with Crippen molar-refractivity contribution >= 4 is 17.7 Å². The minimum Gasteiger partial charge on any atom is -0.480 e. The van der Waals surface area contributed by atoms with Gasteiger partial charge >= 0.3 is 5.97 Å². The number of aromatic amines is 1. The van der Waals surface area contributed by atoms with E-state index in [9.17, 15) is 9.59 Å². The zero-order valence-electron chi connectivity index (χ0n) is 12.3. The van der Waals surface area contributed by atoms with Crippen molar-refractivity contribution in [2.45, 2.75) is 39.2 Å². The van der Waals surface area contributed by atoms with Gasteiger partial charge in [0.25, 0.3) is 5.56 Å². The molecule has 0 fully saturated rings. The van der Waals surface area contributed by atoms with Crippen LogP contribution in [0.4, 0.5) is 11.8 Å². The van der Waals surface area contributed by atoms with Crippen molar-refractivity contribution in [1.82, 2.24) is 9.97 Å². The molecule has 0 radical (unpaired) electrons. The molecule has 0 aliphatic carbocycles. The van der Waals surface area contributed by atoms with Gasteiger partial charge in [-0.15, -0.1) is 0 Å². The molecule has 1 heterocycles. The van der Waals surface area contributed by atoms with Gasteiger partial charge in [-0.3, -0.25) is 14.6 Å². The third-order valence-corrected chi connectivity index (χ3v) is 2.96. The Bertz CT molecular complexity index is 541. The number of carboxylic acid groups (broad SMARTS) is 1. The highest BCUT2D eigenvalue weighted by Crippen LogP contribution is 2.11. The van der Waals surface area contributed by atoms with Crippen molar-refractivity contribution < 1.29 is 9.90 Å². The summed E-state index contributed by atoms with van der Waals surface area (Å²) in [5.41, 5.74) is 11.4. The summed E-state index contributed by atoms with van der Waals surface area (Å²) < 4.78 is 0. The van der Waals surface area contributed by atoms with Crippen LogP contribution in [-0.2, 0) is 11.2 Å². The summed E-state index contributed by atoms with van der Waals surface area (Å²) in [6, 6.07) is -0.878. The summed E-state index contributed by atoms with van der Waals surface area (Å²) in [6.07, 6.45) is 1.46. The van der Waals surface area contributed by atoms with E-state index >= 15 is 0 Å². The Morgan fingerprint density at radius 2 is 2.14 bits per heavy atom. The first-order chi connectivity index (χ1) is 9.81. The second-order valence-corrected chi connectivity index (χ2v) is 5.39. The van der Waals surface area contributed by atoms with E-state index in [1.807, 2.05) is 13.8 Å². The predicted molar refractivity (Wildman–Crippen MR) is 81.1 cm³/mol. The predicted octanol–water partition coefficient (Wildman–Crippen LogP) is 0.155. The van der Waals surface area contributed by atoms with Crippen LogP contribution in [-0.4, -0.2) is 33.6 Å². The second-order valence-electron chi connectivity index (χ2n) is 5.39. The van der Waals surface area contributed by atoms with Crippen LogP contribution in [0, 0.1) is 5.92 Å². The van der Waals surface area contributed by atoms with Crippen LogP contribution < -0.4 is 22.3 Å². The Kier molecular flexibility index (Phi) is 6.16. The fourth-order valence-corrected chi connectivity index (χ4v) is 1.86. The maximum Gasteiger partial charge on any atom is 0.320 e. The summed E-state index contributed by atoms with van der Waals surface area (Å²) in [5.74, 6) is -0.207. The third-order valence-electron chi connectivity index (χ3n) is 2.96. The number of carboxylic acids is 1. The number of nitrogens with two attached hydrogens (primary N) is 2. The molecule has 1 aromatic heterocycles. The van der Waals surface area contributed by atoms with Gasteiger partial charge in [-0.25, -0.2) is 0 Å². The molecule has 0 aliphatic heterocycles. The van der Waals surface area contributed by atoms with E-state index in [0.717, 1.165) is 0 Å². The van der Waals surface area contributed by atoms with E-state index < -0.39 is 12.0 Å². The molecule has 1 aromatic rings. The summed E-state index contributed by atoms with van der Waals surface area (Å²) in [5, 5.41) is 11.6. The third kappa shape index (κ3) is 5.42. The summed E-state index contributed by atoms with van der Waals surface area (Å²) in [6.45, 7) is 4.44. The van der Waals surface area contributed by atoms with Crippen LogP contribution in [0.15, 0.2) is 4.79 Å².